The van der Waals surface area contributed by atoms with Crippen LogP contribution in [0.4, 0.5) is 0 Å². The fourth-order valence-electron chi connectivity index (χ4n) is 2.20. The standard InChI is InChI=1S/C17H14ClNO2/c1-20-13-6-3-11(4-7-13)15-8-5-12-9-17(21-2)14(18)10-16(12)19-15/h3-10H,1-2H3. The maximum atomic E-state index is 6.16. The van der Waals surface area contributed by atoms with E-state index in [1.807, 2.05) is 48.5 Å². The second-order valence-electron chi connectivity index (χ2n) is 4.60. The van der Waals surface area contributed by atoms with Gasteiger partial charge in [-0.05, 0) is 42.5 Å². The minimum Gasteiger partial charge on any atom is -0.497 e. The van der Waals surface area contributed by atoms with E-state index in [-0.39, 0.29) is 0 Å². The fraction of sp³-hybridized carbons (Fsp3) is 0.118. The highest BCUT2D eigenvalue weighted by Gasteiger charge is 2.06. The molecule has 0 N–H and O–H groups in total. The molecular formula is C17H14ClNO2. The van der Waals surface area contributed by atoms with E-state index in [9.17, 15) is 0 Å². The molecule has 0 aliphatic carbocycles. The lowest BCUT2D eigenvalue weighted by molar-refractivity contribution is 0.415. The van der Waals surface area contributed by atoms with Gasteiger partial charge in [0.05, 0.1) is 30.5 Å². The molecule has 1 aromatic heterocycles. The zero-order valence-corrected chi connectivity index (χ0v) is 12.5. The number of hydrogen-bond acceptors (Lipinski definition) is 3. The van der Waals surface area contributed by atoms with Gasteiger partial charge in [0.15, 0.2) is 0 Å². The summed E-state index contributed by atoms with van der Waals surface area (Å²) in [4.78, 5) is 4.66. The van der Waals surface area contributed by atoms with Crippen molar-refractivity contribution < 1.29 is 9.47 Å². The lowest BCUT2D eigenvalue weighted by Gasteiger charge is -2.07. The van der Waals surface area contributed by atoms with Crippen molar-refractivity contribution in [3.63, 3.8) is 0 Å². The monoisotopic (exact) mass is 299 g/mol. The van der Waals surface area contributed by atoms with Gasteiger partial charge in [-0.15, -0.1) is 0 Å². The van der Waals surface area contributed by atoms with Crippen LogP contribution in [0.5, 0.6) is 11.5 Å². The Hall–Kier alpha value is -2.26. The van der Waals surface area contributed by atoms with Crippen LogP contribution in [-0.4, -0.2) is 19.2 Å². The van der Waals surface area contributed by atoms with Crippen LogP contribution in [0.2, 0.25) is 5.02 Å². The van der Waals surface area contributed by atoms with E-state index in [2.05, 4.69) is 4.98 Å². The highest BCUT2D eigenvalue weighted by atomic mass is 35.5. The van der Waals surface area contributed by atoms with Gasteiger partial charge in [0.25, 0.3) is 0 Å². The number of rotatable bonds is 3. The van der Waals surface area contributed by atoms with Crippen molar-refractivity contribution in [2.75, 3.05) is 14.2 Å². The van der Waals surface area contributed by atoms with Gasteiger partial charge in [-0.25, -0.2) is 4.98 Å². The highest BCUT2D eigenvalue weighted by molar-refractivity contribution is 6.32. The first-order valence-electron chi connectivity index (χ1n) is 6.50. The maximum absolute atomic E-state index is 6.16. The minimum atomic E-state index is 0.560. The summed E-state index contributed by atoms with van der Waals surface area (Å²) < 4.78 is 10.4. The molecular weight excluding hydrogens is 286 g/mol. The van der Waals surface area contributed by atoms with Gasteiger partial charge in [-0.3, -0.25) is 0 Å². The van der Waals surface area contributed by atoms with E-state index in [1.165, 1.54) is 0 Å². The minimum absolute atomic E-state index is 0.560. The normalized spacial score (nSPS) is 10.6. The largest absolute Gasteiger partial charge is 0.497 e. The summed E-state index contributed by atoms with van der Waals surface area (Å²) in [6.45, 7) is 0. The second kappa shape index (κ2) is 5.62. The summed E-state index contributed by atoms with van der Waals surface area (Å²) in [5.74, 6) is 1.48. The molecule has 0 atom stereocenters. The molecule has 106 valence electrons. The molecule has 0 spiro atoms. The topological polar surface area (TPSA) is 31.4 Å². The lowest BCUT2D eigenvalue weighted by atomic mass is 10.1. The molecule has 21 heavy (non-hydrogen) atoms. The van der Waals surface area contributed by atoms with Crippen LogP contribution in [0.1, 0.15) is 0 Å². The molecule has 0 fully saturated rings. The number of methoxy groups -OCH3 is 2. The summed E-state index contributed by atoms with van der Waals surface area (Å²) in [5, 5.41) is 1.55. The number of fused-ring (bicyclic) bond motifs is 1. The molecule has 0 aliphatic rings. The van der Waals surface area contributed by atoms with Crippen LogP contribution < -0.4 is 9.47 Å². The summed E-state index contributed by atoms with van der Waals surface area (Å²) in [5.41, 5.74) is 2.77. The number of nitrogens with zero attached hydrogens (tertiary/aromatic N) is 1. The smallest absolute Gasteiger partial charge is 0.138 e. The van der Waals surface area contributed by atoms with E-state index in [1.54, 1.807) is 14.2 Å². The molecule has 0 bridgehead atoms. The van der Waals surface area contributed by atoms with Gasteiger partial charge < -0.3 is 9.47 Å². The van der Waals surface area contributed by atoms with E-state index in [0.29, 0.717) is 10.8 Å². The van der Waals surface area contributed by atoms with Gasteiger partial charge in [-0.2, -0.15) is 0 Å². The van der Waals surface area contributed by atoms with Crippen LogP contribution in [0.25, 0.3) is 22.2 Å². The SMILES string of the molecule is COc1ccc(-c2ccc3cc(OC)c(Cl)cc3n2)cc1. The van der Waals surface area contributed by atoms with Crippen molar-refractivity contribution in [1.29, 1.82) is 0 Å². The molecule has 2 aromatic carbocycles. The number of pyridine rings is 1. The second-order valence-corrected chi connectivity index (χ2v) is 5.01. The van der Waals surface area contributed by atoms with Crippen LogP contribution in [0.15, 0.2) is 48.5 Å². The van der Waals surface area contributed by atoms with Crippen LogP contribution in [-0.2, 0) is 0 Å². The van der Waals surface area contributed by atoms with Crippen molar-refractivity contribution in [2.45, 2.75) is 0 Å². The molecule has 0 aliphatic heterocycles. The van der Waals surface area contributed by atoms with Gasteiger partial charge in [0.1, 0.15) is 11.5 Å². The number of aromatic nitrogens is 1. The number of hydrogen-bond donors (Lipinski definition) is 0. The Morgan fingerprint density at radius 1 is 0.905 bits per heavy atom. The molecule has 0 saturated carbocycles. The molecule has 0 amide bonds. The summed E-state index contributed by atoms with van der Waals surface area (Å²) in [7, 11) is 3.25. The fourth-order valence-corrected chi connectivity index (χ4v) is 2.44. The Balaban J connectivity index is 2.07. The first-order valence-corrected chi connectivity index (χ1v) is 6.88. The quantitative estimate of drug-likeness (QED) is 0.710. The van der Waals surface area contributed by atoms with E-state index < -0.39 is 0 Å². The summed E-state index contributed by atoms with van der Waals surface area (Å²) >= 11 is 6.16. The van der Waals surface area contributed by atoms with Crippen LogP contribution in [0.3, 0.4) is 0 Å². The Bertz CT molecular complexity index is 785. The third-order valence-corrected chi connectivity index (χ3v) is 3.64. The first-order chi connectivity index (χ1) is 10.2. The Kier molecular flexibility index (Phi) is 3.67. The predicted octanol–water partition coefficient (Wildman–Crippen LogP) is 4.57. The average Bonchev–Trinajstić information content (AvgIpc) is 2.53. The van der Waals surface area contributed by atoms with Crippen molar-refractivity contribution in [3.8, 4) is 22.8 Å². The van der Waals surface area contributed by atoms with Crippen molar-refractivity contribution in [3.05, 3.63) is 53.6 Å². The van der Waals surface area contributed by atoms with E-state index in [4.69, 9.17) is 21.1 Å². The third kappa shape index (κ3) is 2.65. The van der Waals surface area contributed by atoms with Crippen LogP contribution >= 0.6 is 11.6 Å². The molecule has 0 radical (unpaired) electrons. The van der Waals surface area contributed by atoms with Crippen molar-refractivity contribution in [2.24, 2.45) is 0 Å². The molecule has 3 aromatic rings. The number of ether oxygens (including phenoxy) is 2. The Morgan fingerprint density at radius 3 is 2.33 bits per heavy atom. The van der Waals surface area contributed by atoms with Gasteiger partial charge >= 0.3 is 0 Å². The highest BCUT2D eigenvalue weighted by Crippen LogP contribution is 2.30. The lowest BCUT2D eigenvalue weighted by Crippen LogP contribution is -1.89. The van der Waals surface area contributed by atoms with Gasteiger partial charge in [0, 0.05) is 10.9 Å². The first kappa shape index (κ1) is 13.7. The molecule has 1 heterocycles. The maximum Gasteiger partial charge on any atom is 0.138 e. The molecule has 3 rings (SSSR count). The Morgan fingerprint density at radius 2 is 1.67 bits per heavy atom. The number of halogens is 1. The predicted molar refractivity (Wildman–Crippen MR) is 85.3 cm³/mol. The molecule has 0 unspecified atom stereocenters. The van der Waals surface area contributed by atoms with Crippen LogP contribution in [0, 0.1) is 0 Å². The van der Waals surface area contributed by atoms with E-state index in [0.717, 1.165) is 27.9 Å². The average molecular weight is 300 g/mol. The Labute approximate surface area is 128 Å². The summed E-state index contributed by atoms with van der Waals surface area (Å²) in [6.07, 6.45) is 0. The van der Waals surface area contributed by atoms with Crippen molar-refractivity contribution >= 4 is 22.5 Å². The van der Waals surface area contributed by atoms with Gasteiger partial charge in [-0.1, -0.05) is 17.7 Å². The zero-order chi connectivity index (χ0) is 14.8. The molecule has 0 saturated heterocycles. The zero-order valence-electron chi connectivity index (χ0n) is 11.8. The number of benzene rings is 2. The van der Waals surface area contributed by atoms with Gasteiger partial charge in [0.2, 0.25) is 0 Å². The molecule has 4 heteroatoms. The molecule has 3 nitrogen and oxygen atoms in total. The third-order valence-electron chi connectivity index (χ3n) is 3.35. The summed E-state index contributed by atoms with van der Waals surface area (Å²) in [6, 6.07) is 15.5. The van der Waals surface area contributed by atoms with E-state index >= 15 is 0 Å². The van der Waals surface area contributed by atoms with Crippen molar-refractivity contribution in [1.82, 2.24) is 4.98 Å².